The van der Waals surface area contributed by atoms with Crippen LogP contribution in [-0.4, -0.2) is 74.7 Å². The van der Waals surface area contributed by atoms with E-state index in [1.165, 1.54) is 58.4 Å². The second kappa shape index (κ2) is 11.5. The molecule has 6 heteroatoms. The number of hydrogen-bond donors (Lipinski definition) is 2. The van der Waals surface area contributed by atoms with Crippen LogP contribution < -0.4 is 10.6 Å². The molecule has 1 aliphatic heterocycles. The van der Waals surface area contributed by atoms with Crippen LogP contribution >= 0.6 is 24.0 Å². The molecule has 1 saturated carbocycles. The molecule has 24 heavy (non-hydrogen) atoms. The zero-order valence-corrected chi connectivity index (χ0v) is 18.3. The van der Waals surface area contributed by atoms with E-state index in [0.717, 1.165) is 32.1 Å². The number of piperazine rings is 1. The normalized spacial score (nSPS) is 21.7. The number of aliphatic imine (C=N–C) groups is 1. The van der Waals surface area contributed by atoms with Crippen LogP contribution in [0.1, 0.15) is 46.5 Å². The Morgan fingerprint density at radius 3 is 2.17 bits per heavy atom. The number of likely N-dealkylation sites (N-methyl/N-ethyl adjacent to an activating group) is 1. The average molecular weight is 451 g/mol. The van der Waals surface area contributed by atoms with Crippen molar-refractivity contribution in [1.29, 1.82) is 0 Å². The summed E-state index contributed by atoms with van der Waals surface area (Å²) < 4.78 is 0. The summed E-state index contributed by atoms with van der Waals surface area (Å²) >= 11 is 0. The molecule has 0 aromatic rings. The highest BCUT2D eigenvalue weighted by Gasteiger charge is 2.34. The van der Waals surface area contributed by atoms with E-state index in [0.29, 0.717) is 5.41 Å². The molecule has 0 unspecified atom stereocenters. The van der Waals surface area contributed by atoms with Gasteiger partial charge in [-0.2, -0.15) is 0 Å². The van der Waals surface area contributed by atoms with Crippen LogP contribution in [-0.2, 0) is 0 Å². The van der Waals surface area contributed by atoms with Gasteiger partial charge in [-0.25, -0.2) is 0 Å². The number of guanidine groups is 1. The summed E-state index contributed by atoms with van der Waals surface area (Å²) in [7, 11) is 0. The summed E-state index contributed by atoms with van der Waals surface area (Å²) in [6.07, 6.45) is 5.36. The second-order valence-corrected chi connectivity index (χ2v) is 7.10. The van der Waals surface area contributed by atoms with Gasteiger partial charge in [0.2, 0.25) is 0 Å². The standard InChI is InChI=1S/C18H37N5.HI/c1-4-18(8-7-9-18)16-21-17(19-5-2)20-10-11-23-14-12-22(6-3)13-15-23;/h4-16H2,1-3H3,(H2,19,20,21);1H. The van der Waals surface area contributed by atoms with Crippen molar-refractivity contribution in [3.05, 3.63) is 0 Å². The molecule has 0 amide bonds. The lowest BCUT2D eigenvalue weighted by atomic mass is 9.67. The van der Waals surface area contributed by atoms with Crippen molar-refractivity contribution >= 4 is 29.9 Å². The Hall–Kier alpha value is -0.0800. The topological polar surface area (TPSA) is 42.9 Å². The Labute approximate surface area is 166 Å². The molecule has 0 aromatic heterocycles. The minimum absolute atomic E-state index is 0. The molecule has 2 aliphatic rings. The maximum Gasteiger partial charge on any atom is 0.191 e. The lowest BCUT2D eigenvalue weighted by molar-refractivity contribution is 0.138. The summed E-state index contributed by atoms with van der Waals surface area (Å²) in [5.74, 6) is 0.999. The number of nitrogens with one attached hydrogen (secondary N) is 2. The van der Waals surface area contributed by atoms with E-state index < -0.39 is 0 Å². The van der Waals surface area contributed by atoms with Crippen LogP contribution in [0.2, 0.25) is 0 Å². The molecule has 0 bridgehead atoms. The van der Waals surface area contributed by atoms with E-state index in [9.17, 15) is 0 Å². The van der Waals surface area contributed by atoms with Crippen LogP contribution in [0, 0.1) is 5.41 Å². The van der Waals surface area contributed by atoms with Crippen molar-refractivity contribution in [2.24, 2.45) is 10.4 Å². The van der Waals surface area contributed by atoms with Crippen LogP contribution in [0.5, 0.6) is 0 Å². The molecule has 1 aliphatic carbocycles. The Morgan fingerprint density at radius 2 is 1.67 bits per heavy atom. The Balaban J connectivity index is 0.00000288. The van der Waals surface area contributed by atoms with Gasteiger partial charge in [-0.3, -0.25) is 9.89 Å². The monoisotopic (exact) mass is 451 g/mol. The van der Waals surface area contributed by atoms with Crippen molar-refractivity contribution < 1.29 is 0 Å². The molecule has 2 fully saturated rings. The highest BCUT2D eigenvalue weighted by molar-refractivity contribution is 14.0. The molecular weight excluding hydrogens is 413 g/mol. The van der Waals surface area contributed by atoms with Crippen molar-refractivity contribution in [1.82, 2.24) is 20.4 Å². The minimum Gasteiger partial charge on any atom is -0.357 e. The van der Waals surface area contributed by atoms with Crippen molar-refractivity contribution in [2.45, 2.75) is 46.5 Å². The van der Waals surface area contributed by atoms with E-state index in [1.807, 2.05) is 0 Å². The Morgan fingerprint density at radius 1 is 1.00 bits per heavy atom. The van der Waals surface area contributed by atoms with Crippen LogP contribution in [0.25, 0.3) is 0 Å². The first kappa shape index (κ1) is 22.0. The number of rotatable bonds is 8. The molecule has 5 nitrogen and oxygen atoms in total. The first-order chi connectivity index (χ1) is 11.2. The number of halogens is 1. The number of nitrogens with zero attached hydrogens (tertiary/aromatic N) is 3. The van der Waals surface area contributed by atoms with Crippen LogP contribution in [0.15, 0.2) is 4.99 Å². The molecular formula is C18H38IN5. The molecule has 2 N–H and O–H groups in total. The van der Waals surface area contributed by atoms with E-state index in [-0.39, 0.29) is 24.0 Å². The molecule has 1 heterocycles. The average Bonchev–Trinajstić information content (AvgIpc) is 2.55. The van der Waals surface area contributed by atoms with Gasteiger partial charge in [-0.1, -0.05) is 20.3 Å². The molecule has 0 aromatic carbocycles. The van der Waals surface area contributed by atoms with Gasteiger partial charge in [0.1, 0.15) is 0 Å². The highest BCUT2D eigenvalue weighted by atomic mass is 127. The minimum atomic E-state index is 0. The van der Waals surface area contributed by atoms with E-state index in [1.54, 1.807) is 0 Å². The van der Waals surface area contributed by atoms with Crippen molar-refractivity contribution in [3.63, 3.8) is 0 Å². The second-order valence-electron chi connectivity index (χ2n) is 7.10. The fraction of sp³-hybridized carbons (Fsp3) is 0.944. The van der Waals surface area contributed by atoms with Gasteiger partial charge in [0.25, 0.3) is 0 Å². The quantitative estimate of drug-likeness (QED) is 0.338. The smallest absolute Gasteiger partial charge is 0.191 e. The Kier molecular flexibility index (Phi) is 10.5. The van der Waals surface area contributed by atoms with Crippen molar-refractivity contribution in [3.8, 4) is 0 Å². The summed E-state index contributed by atoms with van der Waals surface area (Å²) in [4.78, 5) is 9.94. The molecule has 2 rings (SSSR count). The predicted molar refractivity (Wildman–Crippen MR) is 115 cm³/mol. The zero-order chi connectivity index (χ0) is 16.5. The molecule has 1 saturated heterocycles. The molecule has 142 valence electrons. The number of hydrogen-bond acceptors (Lipinski definition) is 3. The maximum atomic E-state index is 4.85. The van der Waals surface area contributed by atoms with Gasteiger partial charge in [-0.05, 0) is 38.1 Å². The largest absolute Gasteiger partial charge is 0.357 e. The fourth-order valence-electron chi connectivity index (χ4n) is 3.55. The SMILES string of the molecule is CCNC(=NCC1(CC)CCC1)NCCN1CCN(CC)CC1.I. The third kappa shape index (κ3) is 6.67. The summed E-state index contributed by atoms with van der Waals surface area (Å²) in [5, 5.41) is 6.92. The first-order valence-electron chi connectivity index (χ1n) is 9.68. The Bertz CT molecular complexity index is 357. The van der Waals surface area contributed by atoms with Gasteiger partial charge in [0, 0.05) is 52.4 Å². The first-order valence-corrected chi connectivity index (χ1v) is 9.68. The lowest BCUT2D eigenvalue weighted by Gasteiger charge is -2.40. The van der Waals surface area contributed by atoms with Gasteiger partial charge in [0.15, 0.2) is 5.96 Å². The maximum absolute atomic E-state index is 4.85. The highest BCUT2D eigenvalue weighted by Crippen LogP contribution is 2.43. The molecule has 0 radical (unpaired) electrons. The third-order valence-corrected chi connectivity index (χ3v) is 5.71. The van der Waals surface area contributed by atoms with Crippen molar-refractivity contribution in [2.75, 3.05) is 58.9 Å². The van der Waals surface area contributed by atoms with Gasteiger partial charge < -0.3 is 15.5 Å². The lowest BCUT2D eigenvalue weighted by Crippen LogP contribution is -2.49. The van der Waals surface area contributed by atoms with E-state index >= 15 is 0 Å². The summed E-state index contributed by atoms with van der Waals surface area (Å²) in [6.45, 7) is 16.7. The molecule has 0 spiro atoms. The van der Waals surface area contributed by atoms with Gasteiger partial charge in [0.05, 0.1) is 0 Å². The predicted octanol–water partition coefficient (Wildman–Crippen LogP) is 2.38. The van der Waals surface area contributed by atoms with E-state index in [2.05, 4.69) is 41.2 Å². The third-order valence-electron chi connectivity index (χ3n) is 5.71. The van der Waals surface area contributed by atoms with Gasteiger partial charge in [-0.15, -0.1) is 24.0 Å². The van der Waals surface area contributed by atoms with Gasteiger partial charge >= 0.3 is 0 Å². The fourth-order valence-corrected chi connectivity index (χ4v) is 3.55. The summed E-state index contributed by atoms with van der Waals surface area (Å²) in [6, 6.07) is 0. The van der Waals surface area contributed by atoms with Crippen LogP contribution in [0.3, 0.4) is 0 Å². The van der Waals surface area contributed by atoms with Crippen LogP contribution in [0.4, 0.5) is 0 Å². The zero-order valence-electron chi connectivity index (χ0n) is 15.9. The summed E-state index contributed by atoms with van der Waals surface area (Å²) in [5.41, 5.74) is 0.499. The van der Waals surface area contributed by atoms with E-state index in [4.69, 9.17) is 4.99 Å². The molecule has 0 atom stereocenters.